The van der Waals surface area contributed by atoms with Gasteiger partial charge in [0.05, 0.1) is 18.2 Å². The second-order valence-corrected chi connectivity index (χ2v) is 7.54. The normalized spacial score (nSPS) is 14.5. The Bertz CT molecular complexity index is 815. The fourth-order valence-electron chi connectivity index (χ4n) is 2.92. The second kappa shape index (κ2) is 11.9. The topological polar surface area (TPSA) is 96.9 Å². The lowest BCUT2D eigenvalue weighted by Crippen LogP contribution is -2.47. The highest BCUT2D eigenvalue weighted by Crippen LogP contribution is 2.15. The van der Waals surface area contributed by atoms with Crippen molar-refractivity contribution in [2.75, 3.05) is 46.1 Å². The Morgan fingerprint density at radius 3 is 2.47 bits per heavy atom. The number of benzene rings is 1. The number of likely N-dealkylation sites (N-methyl/N-ethyl adjacent to an activating group) is 1. The van der Waals surface area contributed by atoms with Crippen LogP contribution in [0.2, 0.25) is 0 Å². The summed E-state index contributed by atoms with van der Waals surface area (Å²) in [7, 11) is 3.56. The zero-order chi connectivity index (χ0) is 21.9. The van der Waals surface area contributed by atoms with Crippen molar-refractivity contribution in [3.05, 3.63) is 53.5 Å². The number of rotatable bonds is 5. The van der Waals surface area contributed by atoms with Crippen LogP contribution >= 0.6 is 0 Å². The second-order valence-electron chi connectivity index (χ2n) is 7.54. The molecule has 162 valence electrons. The largest absolute Gasteiger partial charge is 0.399 e. The molecule has 8 heteroatoms. The van der Waals surface area contributed by atoms with Gasteiger partial charge in [0, 0.05) is 32.4 Å². The van der Waals surface area contributed by atoms with Gasteiger partial charge < -0.3 is 20.4 Å². The van der Waals surface area contributed by atoms with E-state index in [2.05, 4.69) is 70.0 Å². The van der Waals surface area contributed by atoms with Gasteiger partial charge in [0.25, 0.3) is 0 Å². The first kappa shape index (κ1) is 23.3. The summed E-state index contributed by atoms with van der Waals surface area (Å²) in [5, 5.41) is 3.52. The maximum absolute atomic E-state index is 12.2. The summed E-state index contributed by atoms with van der Waals surface area (Å²) >= 11 is 0. The number of nitrogens with zero attached hydrogens (tertiary/aromatic N) is 5. The van der Waals surface area contributed by atoms with Crippen LogP contribution in [-0.4, -0.2) is 72.2 Å². The lowest BCUT2D eigenvalue weighted by atomic mass is 10.0. The minimum Gasteiger partial charge on any atom is -0.399 e. The van der Waals surface area contributed by atoms with Gasteiger partial charge in [0.15, 0.2) is 0 Å². The van der Waals surface area contributed by atoms with Crippen molar-refractivity contribution in [1.29, 1.82) is 0 Å². The van der Waals surface area contributed by atoms with Crippen LogP contribution in [0.1, 0.15) is 36.5 Å². The molecule has 1 aromatic carbocycles. The molecule has 1 amide bonds. The van der Waals surface area contributed by atoms with Crippen molar-refractivity contribution in [2.24, 2.45) is 5.16 Å². The zero-order valence-corrected chi connectivity index (χ0v) is 18.3. The highest BCUT2D eigenvalue weighted by atomic mass is 16.6. The average molecular weight is 413 g/mol. The van der Waals surface area contributed by atoms with Gasteiger partial charge in [-0.05, 0) is 24.1 Å². The molecule has 0 unspecified atom stereocenters. The van der Waals surface area contributed by atoms with Crippen LogP contribution in [0.3, 0.4) is 0 Å². The number of hydrogen-bond acceptors (Lipinski definition) is 7. The molecule has 1 fully saturated rings. The van der Waals surface area contributed by atoms with Gasteiger partial charge in [-0.2, -0.15) is 0 Å². The Balaban J connectivity index is 0.000000248. The Morgan fingerprint density at radius 2 is 1.90 bits per heavy atom. The Labute approximate surface area is 178 Å². The van der Waals surface area contributed by atoms with Crippen molar-refractivity contribution in [3.8, 4) is 0 Å². The number of nitrogen functional groups attached to an aromatic ring is 1. The van der Waals surface area contributed by atoms with Crippen molar-refractivity contribution in [3.63, 3.8) is 0 Å². The molecule has 0 bridgehead atoms. The lowest BCUT2D eigenvalue weighted by molar-refractivity contribution is -0.132. The number of nitrogens with two attached hydrogens (primary N) is 1. The lowest BCUT2D eigenvalue weighted by Gasteiger charge is -2.32. The van der Waals surface area contributed by atoms with E-state index >= 15 is 0 Å². The highest BCUT2D eigenvalue weighted by molar-refractivity contribution is 5.84. The standard InChI is InChI=1S/C16H24N2O.C6H8N4O/c1-13(2)15-6-4-14(5-7-15)12-16(19)18-10-8-17(3)9-11-18;1-11-10-3-5-2-8-4-9-6(5)7/h4-7,13H,8-12H2,1-3H3;2-4H,1H3,(H2,7,8,9)/b;10-3+. The van der Waals surface area contributed by atoms with Gasteiger partial charge in [-0.3, -0.25) is 4.79 Å². The van der Waals surface area contributed by atoms with Gasteiger partial charge >= 0.3 is 0 Å². The number of amides is 1. The molecule has 3 rings (SSSR count). The minimum atomic E-state index is 0.255. The summed E-state index contributed by atoms with van der Waals surface area (Å²) < 4.78 is 0. The molecule has 0 spiro atoms. The third-order valence-electron chi connectivity index (χ3n) is 4.93. The van der Waals surface area contributed by atoms with E-state index in [9.17, 15) is 4.79 Å². The van der Waals surface area contributed by atoms with Gasteiger partial charge in [-0.25, -0.2) is 9.97 Å². The van der Waals surface area contributed by atoms with Gasteiger partial charge in [-0.15, -0.1) is 0 Å². The molecule has 1 aromatic heterocycles. The third-order valence-corrected chi connectivity index (χ3v) is 4.93. The number of oxime groups is 1. The molecular formula is C22H32N6O2. The fourth-order valence-corrected chi connectivity index (χ4v) is 2.92. The molecule has 2 aromatic rings. The van der Waals surface area contributed by atoms with Crippen molar-refractivity contribution >= 4 is 17.9 Å². The number of anilines is 1. The van der Waals surface area contributed by atoms with E-state index in [-0.39, 0.29) is 5.91 Å². The first-order valence-electron chi connectivity index (χ1n) is 10.1. The molecule has 1 saturated heterocycles. The molecule has 0 atom stereocenters. The van der Waals surface area contributed by atoms with E-state index in [0.717, 1.165) is 31.7 Å². The molecule has 0 saturated carbocycles. The highest BCUT2D eigenvalue weighted by Gasteiger charge is 2.18. The molecular weight excluding hydrogens is 380 g/mol. The third kappa shape index (κ3) is 7.44. The maximum atomic E-state index is 12.2. The van der Waals surface area contributed by atoms with Crippen LogP contribution in [0.25, 0.3) is 0 Å². The van der Waals surface area contributed by atoms with Crippen molar-refractivity contribution in [1.82, 2.24) is 19.8 Å². The van der Waals surface area contributed by atoms with E-state index in [1.807, 2.05) is 4.90 Å². The average Bonchev–Trinajstić information content (AvgIpc) is 2.74. The molecule has 1 aliphatic heterocycles. The Kier molecular flexibility index (Phi) is 9.21. The Hall–Kier alpha value is -3.00. The molecule has 8 nitrogen and oxygen atoms in total. The monoisotopic (exact) mass is 412 g/mol. The summed E-state index contributed by atoms with van der Waals surface area (Å²) in [6.45, 7) is 8.06. The van der Waals surface area contributed by atoms with Crippen molar-refractivity contribution < 1.29 is 9.63 Å². The number of hydrogen-bond donors (Lipinski definition) is 1. The molecule has 2 N–H and O–H groups in total. The van der Waals surface area contributed by atoms with Crippen LogP contribution in [0.4, 0.5) is 5.82 Å². The first-order chi connectivity index (χ1) is 14.4. The molecule has 0 radical (unpaired) electrons. The molecule has 30 heavy (non-hydrogen) atoms. The molecule has 1 aliphatic rings. The van der Waals surface area contributed by atoms with Gasteiger partial charge in [0.2, 0.25) is 5.91 Å². The van der Waals surface area contributed by atoms with Gasteiger partial charge in [0.1, 0.15) is 19.3 Å². The van der Waals surface area contributed by atoms with Crippen molar-refractivity contribution in [2.45, 2.75) is 26.2 Å². The minimum absolute atomic E-state index is 0.255. The molecule has 2 heterocycles. The molecule has 0 aliphatic carbocycles. The SMILES string of the molecule is CC(C)c1ccc(CC(=O)N2CCN(C)CC2)cc1.CO/N=C/c1cncnc1N. The first-order valence-corrected chi connectivity index (χ1v) is 10.1. The number of carbonyl (C=O) groups is 1. The number of piperazine rings is 1. The van der Waals surface area contributed by atoms with E-state index in [1.54, 1.807) is 6.20 Å². The van der Waals surface area contributed by atoms with Crippen LogP contribution < -0.4 is 5.73 Å². The smallest absolute Gasteiger partial charge is 0.227 e. The van der Waals surface area contributed by atoms with Gasteiger partial charge in [-0.1, -0.05) is 43.3 Å². The van der Waals surface area contributed by atoms with Crippen LogP contribution in [0.5, 0.6) is 0 Å². The summed E-state index contributed by atoms with van der Waals surface area (Å²) in [5.74, 6) is 1.19. The van der Waals surface area contributed by atoms with Crippen LogP contribution in [0.15, 0.2) is 41.9 Å². The number of aromatic nitrogens is 2. The zero-order valence-electron chi connectivity index (χ0n) is 18.3. The van der Waals surface area contributed by atoms with E-state index in [1.165, 1.54) is 25.2 Å². The van der Waals surface area contributed by atoms with Crippen LogP contribution in [-0.2, 0) is 16.1 Å². The quantitative estimate of drug-likeness (QED) is 0.597. The van der Waals surface area contributed by atoms with Crippen LogP contribution in [0, 0.1) is 0 Å². The summed E-state index contributed by atoms with van der Waals surface area (Å²) in [6, 6.07) is 8.45. The predicted molar refractivity (Wildman–Crippen MR) is 119 cm³/mol. The van der Waals surface area contributed by atoms with E-state index in [4.69, 9.17) is 5.73 Å². The fraction of sp³-hybridized carbons (Fsp3) is 0.455. The summed E-state index contributed by atoms with van der Waals surface area (Å²) in [5.41, 5.74) is 8.56. The number of carbonyl (C=O) groups excluding carboxylic acids is 1. The Morgan fingerprint density at radius 1 is 1.23 bits per heavy atom. The predicted octanol–water partition coefficient (Wildman–Crippen LogP) is 2.17. The van der Waals surface area contributed by atoms with E-state index < -0.39 is 0 Å². The maximum Gasteiger partial charge on any atom is 0.227 e. The summed E-state index contributed by atoms with van der Waals surface area (Å²) in [6.07, 6.45) is 4.92. The summed E-state index contributed by atoms with van der Waals surface area (Å²) in [4.78, 5) is 28.4. The van der Waals surface area contributed by atoms with E-state index in [0.29, 0.717) is 23.7 Å².